The van der Waals surface area contributed by atoms with E-state index in [0.717, 1.165) is 37.3 Å². The first-order valence-corrected chi connectivity index (χ1v) is 6.62. The fraction of sp³-hybridized carbons (Fsp3) is 0.429. The van der Waals surface area contributed by atoms with E-state index in [-0.39, 0.29) is 0 Å². The minimum Gasteiger partial charge on any atom is -0.448 e. The van der Waals surface area contributed by atoms with Crippen LogP contribution in [0.2, 0.25) is 0 Å². The quantitative estimate of drug-likeness (QED) is 0.904. The highest BCUT2D eigenvalue weighted by molar-refractivity contribution is 5.99. The van der Waals surface area contributed by atoms with Crippen LogP contribution in [0.25, 0.3) is 0 Å². The molecular weight excluding hydrogens is 242 g/mol. The summed E-state index contributed by atoms with van der Waals surface area (Å²) >= 11 is 0. The first kappa shape index (κ1) is 13.4. The Kier molecular flexibility index (Phi) is 4.78. The van der Waals surface area contributed by atoms with Crippen LogP contribution < -0.4 is 5.43 Å². The van der Waals surface area contributed by atoms with Gasteiger partial charge in [0, 0.05) is 18.7 Å². The molecule has 1 aliphatic rings. The van der Waals surface area contributed by atoms with E-state index in [4.69, 9.17) is 4.74 Å². The molecule has 0 unspecified atom stereocenters. The Labute approximate surface area is 113 Å². The van der Waals surface area contributed by atoms with Gasteiger partial charge in [0.05, 0.1) is 6.61 Å². The number of nitrogens with one attached hydrogen (secondary N) is 1. The highest BCUT2D eigenvalue weighted by atomic mass is 16.6. The van der Waals surface area contributed by atoms with Crippen molar-refractivity contribution in [3.05, 3.63) is 35.9 Å². The molecule has 5 nitrogen and oxygen atoms in total. The van der Waals surface area contributed by atoms with Gasteiger partial charge < -0.3 is 4.74 Å². The van der Waals surface area contributed by atoms with Gasteiger partial charge in [-0.05, 0) is 12.8 Å². The van der Waals surface area contributed by atoms with E-state index in [1.165, 1.54) is 0 Å². The van der Waals surface area contributed by atoms with Crippen molar-refractivity contribution < 1.29 is 9.53 Å². The summed E-state index contributed by atoms with van der Waals surface area (Å²) in [7, 11) is 0. The number of carbonyl (C=O) groups is 1. The predicted molar refractivity (Wildman–Crippen MR) is 73.9 cm³/mol. The Morgan fingerprint density at radius 3 is 2.95 bits per heavy atom. The number of hydrogen-bond donors (Lipinski definition) is 1. The number of amidine groups is 1. The van der Waals surface area contributed by atoms with Gasteiger partial charge in [0.1, 0.15) is 5.84 Å². The molecule has 0 atom stereocenters. The molecule has 0 fully saturated rings. The predicted octanol–water partition coefficient (Wildman–Crippen LogP) is 2.19. The average Bonchev–Trinajstić information content (AvgIpc) is 2.46. The average molecular weight is 261 g/mol. The molecule has 5 heteroatoms. The van der Waals surface area contributed by atoms with Crippen LogP contribution in [0.1, 0.15) is 25.3 Å². The molecule has 102 valence electrons. The third kappa shape index (κ3) is 3.71. The van der Waals surface area contributed by atoms with Gasteiger partial charge in [0.25, 0.3) is 0 Å². The summed E-state index contributed by atoms with van der Waals surface area (Å²) in [4.78, 5) is 16.1. The molecule has 1 aliphatic heterocycles. The number of amides is 1. The molecule has 0 aromatic heterocycles. The summed E-state index contributed by atoms with van der Waals surface area (Å²) in [5.41, 5.74) is 3.74. The van der Waals surface area contributed by atoms with Gasteiger partial charge in [-0.1, -0.05) is 37.3 Å². The Morgan fingerprint density at radius 2 is 2.21 bits per heavy atom. The molecule has 1 aromatic rings. The maximum atomic E-state index is 11.6. The maximum Gasteiger partial charge on any atom is 0.426 e. The number of carbonyl (C=O) groups excluding carboxylic acids is 1. The lowest BCUT2D eigenvalue weighted by molar-refractivity contribution is 0.124. The maximum absolute atomic E-state index is 11.6. The van der Waals surface area contributed by atoms with Crippen molar-refractivity contribution in [2.75, 3.05) is 19.7 Å². The monoisotopic (exact) mass is 261 g/mol. The van der Waals surface area contributed by atoms with Gasteiger partial charge in [0.2, 0.25) is 0 Å². The van der Waals surface area contributed by atoms with Gasteiger partial charge in [0.15, 0.2) is 0 Å². The lowest BCUT2D eigenvalue weighted by Gasteiger charge is -2.29. The molecule has 2 rings (SSSR count). The lowest BCUT2D eigenvalue weighted by Crippen LogP contribution is -2.49. The number of aliphatic imine (C=N–C) groups is 1. The summed E-state index contributed by atoms with van der Waals surface area (Å²) in [6.45, 7) is 3.92. The number of ether oxygens (including phenoxy) is 1. The molecule has 1 amide bonds. The van der Waals surface area contributed by atoms with Gasteiger partial charge in [-0.25, -0.2) is 10.2 Å². The van der Waals surface area contributed by atoms with Crippen molar-refractivity contribution in [3.63, 3.8) is 0 Å². The molecule has 1 aromatic carbocycles. The molecule has 0 saturated heterocycles. The standard InChI is InChI=1S/C14H19N3O2/c1-2-11-19-14(18)16-17-10-6-9-15-13(17)12-7-4-3-5-8-12/h3-5,7-8H,2,6,9-11H2,1H3,(H,16,18). The van der Waals surface area contributed by atoms with Crippen molar-refractivity contribution in [1.29, 1.82) is 0 Å². The molecule has 0 bridgehead atoms. The highest BCUT2D eigenvalue weighted by Gasteiger charge is 2.19. The van der Waals surface area contributed by atoms with Crippen LogP contribution in [-0.2, 0) is 4.74 Å². The molecule has 0 saturated carbocycles. The minimum atomic E-state index is -0.424. The Balaban J connectivity index is 2.04. The summed E-state index contributed by atoms with van der Waals surface area (Å²) in [5.74, 6) is 0.792. The fourth-order valence-corrected chi connectivity index (χ4v) is 1.89. The molecule has 1 N–H and O–H groups in total. The summed E-state index contributed by atoms with van der Waals surface area (Å²) in [5, 5.41) is 1.76. The van der Waals surface area contributed by atoms with Gasteiger partial charge in [-0.15, -0.1) is 0 Å². The summed E-state index contributed by atoms with van der Waals surface area (Å²) < 4.78 is 5.03. The number of hydrogen-bond acceptors (Lipinski definition) is 4. The number of nitrogens with zero attached hydrogens (tertiary/aromatic N) is 2. The van der Waals surface area contributed by atoms with Gasteiger partial charge in [-0.3, -0.25) is 10.0 Å². The molecular formula is C14H19N3O2. The van der Waals surface area contributed by atoms with Crippen molar-refractivity contribution >= 4 is 11.9 Å². The van der Waals surface area contributed by atoms with Crippen LogP contribution >= 0.6 is 0 Å². The van der Waals surface area contributed by atoms with E-state index in [1.807, 2.05) is 37.3 Å². The topological polar surface area (TPSA) is 53.9 Å². The largest absolute Gasteiger partial charge is 0.448 e. The second-order valence-electron chi connectivity index (χ2n) is 4.32. The first-order chi connectivity index (χ1) is 9.31. The van der Waals surface area contributed by atoms with Crippen molar-refractivity contribution in [2.45, 2.75) is 19.8 Å². The normalized spacial score (nSPS) is 14.8. The number of hydrazine groups is 1. The molecule has 0 radical (unpaired) electrons. The zero-order chi connectivity index (χ0) is 13.5. The van der Waals surface area contributed by atoms with Crippen molar-refractivity contribution in [1.82, 2.24) is 10.4 Å². The lowest BCUT2D eigenvalue weighted by atomic mass is 10.2. The Morgan fingerprint density at radius 1 is 1.42 bits per heavy atom. The van der Waals surface area contributed by atoms with Crippen molar-refractivity contribution in [2.24, 2.45) is 4.99 Å². The minimum absolute atomic E-state index is 0.424. The third-order valence-electron chi connectivity index (χ3n) is 2.75. The zero-order valence-electron chi connectivity index (χ0n) is 11.1. The SMILES string of the molecule is CCCOC(=O)NN1CCCN=C1c1ccccc1. The second-order valence-corrected chi connectivity index (χ2v) is 4.32. The van der Waals surface area contributed by atoms with Crippen LogP contribution in [0.3, 0.4) is 0 Å². The van der Waals surface area contributed by atoms with Crippen LogP contribution in [0.4, 0.5) is 4.79 Å². The van der Waals surface area contributed by atoms with Crippen LogP contribution in [0, 0.1) is 0 Å². The first-order valence-electron chi connectivity index (χ1n) is 6.62. The van der Waals surface area contributed by atoms with E-state index >= 15 is 0 Å². The number of rotatable bonds is 4. The van der Waals surface area contributed by atoms with E-state index in [1.54, 1.807) is 5.01 Å². The Hall–Kier alpha value is -2.04. The molecule has 19 heavy (non-hydrogen) atoms. The smallest absolute Gasteiger partial charge is 0.426 e. The van der Waals surface area contributed by atoms with Gasteiger partial charge in [-0.2, -0.15) is 0 Å². The van der Waals surface area contributed by atoms with E-state index in [0.29, 0.717) is 6.61 Å². The molecule has 0 spiro atoms. The van der Waals surface area contributed by atoms with E-state index < -0.39 is 6.09 Å². The fourth-order valence-electron chi connectivity index (χ4n) is 1.89. The van der Waals surface area contributed by atoms with Crippen molar-refractivity contribution in [3.8, 4) is 0 Å². The summed E-state index contributed by atoms with van der Waals surface area (Å²) in [6.07, 6.45) is 1.31. The zero-order valence-corrected chi connectivity index (χ0v) is 11.1. The van der Waals surface area contributed by atoms with E-state index in [2.05, 4.69) is 10.4 Å². The van der Waals surface area contributed by atoms with Crippen LogP contribution in [0.15, 0.2) is 35.3 Å². The summed E-state index contributed by atoms with van der Waals surface area (Å²) in [6, 6.07) is 9.84. The molecule has 1 heterocycles. The third-order valence-corrected chi connectivity index (χ3v) is 2.75. The molecule has 0 aliphatic carbocycles. The Bertz CT molecular complexity index is 445. The van der Waals surface area contributed by atoms with E-state index in [9.17, 15) is 4.79 Å². The second kappa shape index (κ2) is 6.78. The number of benzene rings is 1. The van der Waals surface area contributed by atoms with Gasteiger partial charge >= 0.3 is 6.09 Å². The highest BCUT2D eigenvalue weighted by Crippen LogP contribution is 2.09. The van der Waals surface area contributed by atoms with Crippen LogP contribution in [-0.4, -0.2) is 36.6 Å². The van der Waals surface area contributed by atoms with Crippen LogP contribution in [0.5, 0.6) is 0 Å².